The first-order chi connectivity index (χ1) is 9.09. The number of carbonyl (C=O) groups is 1. The molecular weight excluding hydrogens is 240 g/mol. The van der Waals surface area contributed by atoms with E-state index < -0.39 is 5.91 Å². The van der Waals surface area contributed by atoms with Gasteiger partial charge in [0.05, 0.1) is 16.6 Å². The van der Waals surface area contributed by atoms with Crippen LogP contribution in [0.3, 0.4) is 0 Å². The van der Waals surface area contributed by atoms with E-state index in [9.17, 15) is 9.59 Å². The zero-order chi connectivity index (χ0) is 13.6. The Labute approximate surface area is 108 Å². The van der Waals surface area contributed by atoms with Crippen LogP contribution in [0.5, 0.6) is 0 Å². The van der Waals surface area contributed by atoms with Crippen LogP contribution >= 0.6 is 0 Å². The number of nitrogens with two attached hydrogens (primary N) is 1. The summed E-state index contributed by atoms with van der Waals surface area (Å²) in [6.07, 6.45) is 0. The average Bonchev–Trinajstić information content (AvgIpc) is 2.39. The summed E-state index contributed by atoms with van der Waals surface area (Å²) in [5.74, 6) is -0.547. The molecule has 0 radical (unpaired) electrons. The third kappa shape index (κ3) is 1.61. The number of aryl methyl sites for hydroxylation is 1. The molecule has 0 aliphatic carbocycles. The van der Waals surface area contributed by atoms with Gasteiger partial charge in [0.15, 0.2) is 5.43 Å². The smallest absolute Gasteiger partial charge is 0.250 e. The summed E-state index contributed by atoms with van der Waals surface area (Å²) in [7, 11) is 0. The Kier molecular flexibility index (Phi) is 2.38. The van der Waals surface area contributed by atoms with Crippen LogP contribution in [0.4, 0.5) is 0 Å². The molecule has 2 aromatic carbocycles. The summed E-state index contributed by atoms with van der Waals surface area (Å²) < 4.78 is 0. The second-order valence-corrected chi connectivity index (χ2v) is 4.54. The number of aromatic nitrogens is 1. The van der Waals surface area contributed by atoms with Gasteiger partial charge in [-0.2, -0.15) is 0 Å². The summed E-state index contributed by atoms with van der Waals surface area (Å²) in [5.41, 5.74) is 7.80. The predicted octanol–water partition coefficient (Wildman–Crippen LogP) is 2.09. The molecule has 0 spiro atoms. The van der Waals surface area contributed by atoms with Crippen molar-refractivity contribution >= 4 is 27.7 Å². The number of aromatic amines is 1. The lowest BCUT2D eigenvalue weighted by molar-refractivity contribution is 0.100. The Morgan fingerprint density at radius 3 is 2.37 bits per heavy atom. The highest BCUT2D eigenvalue weighted by Gasteiger charge is 2.12. The van der Waals surface area contributed by atoms with E-state index in [2.05, 4.69) is 4.98 Å². The molecule has 94 valence electrons. The maximum atomic E-state index is 12.4. The number of para-hydroxylation sites is 2. The third-order valence-corrected chi connectivity index (χ3v) is 3.34. The van der Waals surface area contributed by atoms with E-state index in [4.69, 9.17) is 5.73 Å². The van der Waals surface area contributed by atoms with E-state index in [0.717, 1.165) is 11.1 Å². The van der Waals surface area contributed by atoms with Crippen molar-refractivity contribution in [1.29, 1.82) is 0 Å². The summed E-state index contributed by atoms with van der Waals surface area (Å²) in [6.45, 7) is 1.91. The maximum Gasteiger partial charge on any atom is 0.250 e. The van der Waals surface area contributed by atoms with Gasteiger partial charge in [0.25, 0.3) is 5.91 Å². The lowest BCUT2D eigenvalue weighted by Crippen LogP contribution is -2.14. The minimum absolute atomic E-state index is 0.0875. The van der Waals surface area contributed by atoms with E-state index in [-0.39, 0.29) is 5.43 Å². The number of carbonyl (C=O) groups excluding carboxylic acids is 1. The van der Waals surface area contributed by atoms with Crippen molar-refractivity contribution in [3.8, 4) is 0 Å². The molecular formula is C15H12N2O2. The van der Waals surface area contributed by atoms with E-state index in [1.165, 1.54) is 0 Å². The fraction of sp³-hybridized carbons (Fsp3) is 0.0667. The Bertz CT molecular complexity index is 878. The number of rotatable bonds is 1. The number of benzene rings is 2. The zero-order valence-corrected chi connectivity index (χ0v) is 10.4. The van der Waals surface area contributed by atoms with Crippen LogP contribution in [-0.4, -0.2) is 10.9 Å². The number of fused-ring (bicyclic) bond motifs is 2. The summed E-state index contributed by atoms with van der Waals surface area (Å²) in [4.78, 5) is 27.1. The van der Waals surface area contributed by atoms with Gasteiger partial charge in [-0.05, 0) is 30.7 Å². The summed E-state index contributed by atoms with van der Waals surface area (Å²) in [6, 6.07) is 10.5. The van der Waals surface area contributed by atoms with Crippen LogP contribution in [0, 0.1) is 6.92 Å². The van der Waals surface area contributed by atoms with Gasteiger partial charge in [-0.3, -0.25) is 9.59 Å². The molecule has 3 N–H and O–H groups in total. The Hall–Kier alpha value is -2.62. The van der Waals surface area contributed by atoms with Crippen molar-refractivity contribution in [3.63, 3.8) is 0 Å². The van der Waals surface area contributed by atoms with Crippen LogP contribution in [0.15, 0.2) is 41.2 Å². The molecule has 0 fully saturated rings. The Balaban J connectivity index is 2.62. The summed E-state index contributed by atoms with van der Waals surface area (Å²) >= 11 is 0. The molecule has 1 heterocycles. The largest absolute Gasteiger partial charge is 0.366 e. The maximum absolute atomic E-state index is 12.4. The predicted molar refractivity (Wildman–Crippen MR) is 75.3 cm³/mol. The van der Waals surface area contributed by atoms with Crippen LogP contribution in [-0.2, 0) is 0 Å². The van der Waals surface area contributed by atoms with E-state index in [1.54, 1.807) is 24.3 Å². The average molecular weight is 252 g/mol. The second-order valence-electron chi connectivity index (χ2n) is 4.54. The van der Waals surface area contributed by atoms with Crippen molar-refractivity contribution in [2.24, 2.45) is 5.73 Å². The molecule has 0 aliphatic heterocycles. The molecule has 19 heavy (non-hydrogen) atoms. The molecule has 4 nitrogen and oxygen atoms in total. The highest BCUT2D eigenvalue weighted by Crippen LogP contribution is 2.20. The van der Waals surface area contributed by atoms with Gasteiger partial charge in [-0.15, -0.1) is 0 Å². The number of pyridine rings is 1. The minimum atomic E-state index is -0.547. The standard InChI is InChI=1S/C15H12N2O2/c1-8-4-2-5-9-12(8)17-13-10(14(9)18)6-3-7-11(13)15(16)19/h2-7H,1H3,(H2,16,19)(H,17,18). The third-order valence-electron chi connectivity index (χ3n) is 3.34. The molecule has 4 heteroatoms. The minimum Gasteiger partial charge on any atom is -0.366 e. The van der Waals surface area contributed by atoms with Crippen molar-refractivity contribution in [2.75, 3.05) is 0 Å². The molecule has 0 bridgehead atoms. The monoisotopic (exact) mass is 252 g/mol. The molecule has 3 rings (SSSR count). The normalized spacial score (nSPS) is 11.0. The Morgan fingerprint density at radius 2 is 1.68 bits per heavy atom. The highest BCUT2D eigenvalue weighted by atomic mass is 16.1. The van der Waals surface area contributed by atoms with Crippen LogP contribution in [0.1, 0.15) is 15.9 Å². The van der Waals surface area contributed by atoms with Crippen molar-refractivity contribution in [2.45, 2.75) is 6.92 Å². The molecule has 0 atom stereocenters. The van der Waals surface area contributed by atoms with Crippen LogP contribution < -0.4 is 11.2 Å². The summed E-state index contributed by atoms with van der Waals surface area (Å²) in [5, 5.41) is 1.10. The Morgan fingerprint density at radius 1 is 1.05 bits per heavy atom. The molecule has 0 aliphatic rings. The van der Waals surface area contributed by atoms with Crippen LogP contribution in [0.25, 0.3) is 21.8 Å². The second kappa shape index (κ2) is 3.95. The van der Waals surface area contributed by atoms with Gasteiger partial charge in [-0.25, -0.2) is 0 Å². The lowest BCUT2D eigenvalue weighted by atomic mass is 10.0. The van der Waals surface area contributed by atoms with Crippen molar-refractivity contribution in [1.82, 2.24) is 4.98 Å². The fourth-order valence-corrected chi connectivity index (χ4v) is 2.37. The SMILES string of the molecule is Cc1cccc2c(=O)c3cccc(C(N)=O)c3[nH]c12. The first kappa shape index (κ1) is 11.5. The molecule has 3 aromatic rings. The van der Waals surface area contributed by atoms with Gasteiger partial charge >= 0.3 is 0 Å². The van der Waals surface area contributed by atoms with Gasteiger partial charge < -0.3 is 10.7 Å². The molecule has 1 amide bonds. The first-order valence-corrected chi connectivity index (χ1v) is 5.93. The van der Waals surface area contributed by atoms with Crippen molar-refractivity contribution in [3.05, 3.63) is 57.7 Å². The van der Waals surface area contributed by atoms with Gasteiger partial charge in [-0.1, -0.05) is 18.2 Å². The fourth-order valence-electron chi connectivity index (χ4n) is 2.37. The van der Waals surface area contributed by atoms with Crippen molar-refractivity contribution < 1.29 is 4.79 Å². The quantitative estimate of drug-likeness (QED) is 0.650. The van der Waals surface area contributed by atoms with E-state index >= 15 is 0 Å². The highest BCUT2D eigenvalue weighted by molar-refractivity contribution is 6.07. The van der Waals surface area contributed by atoms with E-state index in [1.807, 2.05) is 19.1 Å². The zero-order valence-electron chi connectivity index (χ0n) is 10.4. The lowest BCUT2D eigenvalue weighted by Gasteiger charge is -2.07. The van der Waals surface area contributed by atoms with Crippen LogP contribution in [0.2, 0.25) is 0 Å². The molecule has 0 saturated carbocycles. The number of hydrogen-bond donors (Lipinski definition) is 2. The molecule has 0 unspecified atom stereocenters. The van der Waals surface area contributed by atoms with Gasteiger partial charge in [0.1, 0.15) is 0 Å². The number of primary amides is 1. The number of H-pyrrole nitrogens is 1. The number of hydrogen-bond acceptors (Lipinski definition) is 2. The van der Waals surface area contributed by atoms with Gasteiger partial charge in [0, 0.05) is 10.8 Å². The molecule has 1 aromatic heterocycles. The molecule has 0 saturated heterocycles. The number of nitrogens with one attached hydrogen (secondary N) is 1. The number of amides is 1. The first-order valence-electron chi connectivity index (χ1n) is 5.93. The van der Waals surface area contributed by atoms with E-state index in [0.29, 0.717) is 21.9 Å². The topological polar surface area (TPSA) is 76.0 Å². The van der Waals surface area contributed by atoms with Gasteiger partial charge in [0.2, 0.25) is 0 Å².